The van der Waals surface area contributed by atoms with Crippen LogP contribution in [0.3, 0.4) is 0 Å². The fourth-order valence-corrected chi connectivity index (χ4v) is 7.88. The van der Waals surface area contributed by atoms with E-state index in [0.717, 1.165) is 63.5 Å². The standard InChI is InChI=1S/C36H56N8O2/c1-8-43(28-12-10-9-11-13-28)31-33(46)44(36(38-31)22-18-27(19-23-36)35(5,6)7)29(20-21-34(2,3)4)25-14-16-26(17-15-25)32(45)37-24-30-39-41-42-40-30/h14-17,27-29H,8-13,18-24H2,1-7H3,(H,37,45)(H,39,40,41,42)/t27?,29-,36?/m1/s1. The largest absolute Gasteiger partial charge is 0.350 e. The number of carbonyl (C=O) groups excluding carboxylic acids is 2. The molecule has 1 spiro atoms. The van der Waals surface area contributed by atoms with Gasteiger partial charge in [0, 0.05) is 18.2 Å². The van der Waals surface area contributed by atoms with E-state index in [2.05, 4.69) is 84.2 Å². The SMILES string of the molecule is CCN(C1=NC2(CCC(C(C)(C)C)CC2)N([C@H](CCC(C)(C)C)c2ccc(C(=O)NCc3nn[nH]n3)cc2)C1=O)C1CCCCC1. The first kappa shape index (κ1) is 34.0. The van der Waals surface area contributed by atoms with Crippen LogP contribution in [0.1, 0.15) is 147 Å². The van der Waals surface area contributed by atoms with Gasteiger partial charge in [-0.15, -0.1) is 10.2 Å². The number of hydrogen-bond acceptors (Lipinski definition) is 7. The van der Waals surface area contributed by atoms with Gasteiger partial charge in [0.15, 0.2) is 11.7 Å². The van der Waals surface area contributed by atoms with Gasteiger partial charge in [-0.3, -0.25) is 9.59 Å². The molecule has 0 radical (unpaired) electrons. The van der Waals surface area contributed by atoms with Crippen LogP contribution in [-0.4, -0.2) is 66.3 Å². The maximum Gasteiger partial charge on any atom is 0.291 e. The minimum absolute atomic E-state index is 0.0856. The molecule has 2 aliphatic carbocycles. The Morgan fingerprint density at radius 1 is 1.04 bits per heavy atom. The van der Waals surface area contributed by atoms with Crippen LogP contribution in [0.25, 0.3) is 0 Å². The van der Waals surface area contributed by atoms with E-state index in [-0.39, 0.29) is 35.2 Å². The zero-order valence-corrected chi connectivity index (χ0v) is 29.2. The number of rotatable bonds is 9. The van der Waals surface area contributed by atoms with E-state index in [1.54, 1.807) is 0 Å². The maximum atomic E-state index is 14.9. The second-order valence-corrected chi connectivity index (χ2v) is 16.1. The zero-order chi connectivity index (χ0) is 33.1. The zero-order valence-electron chi connectivity index (χ0n) is 29.2. The van der Waals surface area contributed by atoms with Crippen LogP contribution >= 0.6 is 0 Å². The van der Waals surface area contributed by atoms with Gasteiger partial charge in [0.25, 0.3) is 11.8 Å². The van der Waals surface area contributed by atoms with Crippen molar-refractivity contribution in [2.75, 3.05) is 6.54 Å². The summed E-state index contributed by atoms with van der Waals surface area (Å²) in [6.45, 7) is 17.0. The molecule has 252 valence electrons. The second kappa shape index (κ2) is 13.8. The third kappa shape index (κ3) is 7.63. The number of amides is 2. The number of tetrazole rings is 1. The summed E-state index contributed by atoms with van der Waals surface area (Å²) in [5, 5.41) is 16.6. The summed E-state index contributed by atoms with van der Waals surface area (Å²) in [4.78, 5) is 37.9. The molecule has 10 nitrogen and oxygen atoms in total. The number of benzene rings is 1. The summed E-state index contributed by atoms with van der Waals surface area (Å²) in [6, 6.07) is 8.06. The molecule has 1 atom stereocenters. The summed E-state index contributed by atoms with van der Waals surface area (Å²) >= 11 is 0. The van der Waals surface area contributed by atoms with Crippen LogP contribution in [0.15, 0.2) is 29.3 Å². The number of likely N-dealkylation sites (N-methyl/N-ethyl adjacent to an activating group) is 1. The predicted octanol–water partition coefficient (Wildman–Crippen LogP) is 6.83. The molecule has 2 amide bonds. The number of H-pyrrole nitrogens is 1. The van der Waals surface area contributed by atoms with Gasteiger partial charge < -0.3 is 15.1 Å². The number of nitrogens with zero attached hydrogens (tertiary/aromatic N) is 6. The number of aromatic nitrogens is 4. The number of aliphatic imine (C=N–C) groups is 1. The monoisotopic (exact) mass is 632 g/mol. The fraction of sp³-hybridized carbons (Fsp3) is 0.722. The van der Waals surface area contributed by atoms with E-state index in [9.17, 15) is 9.59 Å². The van der Waals surface area contributed by atoms with Gasteiger partial charge in [-0.05, 0) is 92.7 Å². The molecule has 10 heteroatoms. The highest BCUT2D eigenvalue weighted by atomic mass is 16.2. The van der Waals surface area contributed by atoms with E-state index < -0.39 is 5.66 Å². The molecule has 2 aromatic rings. The molecular formula is C36H56N8O2. The van der Waals surface area contributed by atoms with Gasteiger partial charge in [0.2, 0.25) is 0 Å². The topological polar surface area (TPSA) is 119 Å². The summed E-state index contributed by atoms with van der Waals surface area (Å²) in [6.07, 6.45) is 11.7. The molecule has 0 bridgehead atoms. The molecule has 5 rings (SSSR count). The highest BCUT2D eigenvalue weighted by Gasteiger charge is 2.54. The van der Waals surface area contributed by atoms with Crippen molar-refractivity contribution >= 4 is 17.6 Å². The van der Waals surface area contributed by atoms with Crippen molar-refractivity contribution in [3.63, 3.8) is 0 Å². The van der Waals surface area contributed by atoms with E-state index in [0.29, 0.717) is 29.2 Å². The highest BCUT2D eigenvalue weighted by Crippen LogP contribution is 2.50. The lowest BCUT2D eigenvalue weighted by Crippen LogP contribution is -2.53. The number of hydrogen-bond donors (Lipinski definition) is 2. The van der Waals surface area contributed by atoms with Crippen molar-refractivity contribution in [2.24, 2.45) is 21.7 Å². The molecule has 2 fully saturated rings. The number of amidine groups is 1. The van der Waals surface area contributed by atoms with E-state index in [4.69, 9.17) is 4.99 Å². The molecule has 0 saturated heterocycles. The lowest BCUT2D eigenvalue weighted by molar-refractivity contribution is -0.134. The Hall–Kier alpha value is -3.30. The van der Waals surface area contributed by atoms with Crippen LogP contribution in [-0.2, 0) is 11.3 Å². The third-order valence-corrected chi connectivity index (χ3v) is 10.6. The first-order valence-electron chi connectivity index (χ1n) is 17.6. The molecule has 46 heavy (non-hydrogen) atoms. The van der Waals surface area contributed by atoms with Gasteiger partial charge in [-0.2, -0.15) is 5.21 Å². The second-order valence-electron chi connectivity index (χ2n) is 16.1. The Morgan fingerprint density at radius 2 is 1.72 bits per heavy atom. The van der Waals surface area contributed by atoms with E-state index in [1.807, 2.05) is 24.3 Å². The van der Waals surface area contributed by atoms with Crippen molar-refractivity contribution in [2.45, 2.75) is 143 Å². The van der Waals surface area contributed by atoms with Crippen molar-refractivity contribution in [3.8, 4) is 0 Å². The molecular weight excluding hydrogens is 576 g/mol. The molecule has 1 aliphatic heterocycles. The number of aromatic amines is 1. The quantitative estimate of drug-likeness (QED) is 0.313. The van der Waals surface area contributed by atoms with Crippen LogP contribution in [0, 0.1) is 16.7 Å². The molecule has 2 N–H and O–H groups in total. The molecule has 1 aromatic heterocycles. The van der Waals surface area contributed by atoms with Gasteiger partial charge in [0.1, 0.15) is 5.66 Å². The van der Waals surface area contributed by atoms with Crippen molar-refractivity contribution in [1.29, 1.82) is 0 Å². The average molecular weight is 633 g/mol. The Labute approximate surface area is 275 Å². The Morgan fingerprint density at radius 3 is 2.28 bits per heavy atom. The van der Waals surface area contributed by atoms with Crippen molar-refractivity contribution in [1.82, 2.24) is 35.7 Å². The minimum Gasteiger partial charge on any atom is -0.350 e. The fourth-order valence-electron chi connectivity index (χ4n) is 7.88. The smallest absolute Gasteiger partial charge is 0.291 e. The van der Waals surface area contributed by atoms with Crippen molar-refractivity contribution < 1.29 is 9.59 Å². The average Bonchev–Trinajstić information content (AvgIpc) is 3.64. The summed E-state index contributed by atoms with van der Waals surface area (Å²) < 4.78 is 0. The van der Waals surface area contributed by atoms with Gasteiger partial charge in [-0.1, -0.05) is 78.2 Å². The van der Waals surface area contributed by atoms with Gasteiger partial charge >= 0.3 is 0 Å². The predicted molar refractivity (Wildman–Crippen MR) is 181 cm³/mol. The minimum atomic E-state index is -0.542. The Bertz CT molecular complexity index is 1340. The van der Waals surface area contributed by atoms with Gasteiger partial charge in [-0.25, -0.2) is 4.99 Å². The summed E-state index contributed by atoms with van der Waals surface area (Å²) in [5.74, 6) is 1.60. The van der Waals surface area contributed by atoms with E-state index in [1.165, 1.54) is 19.3 Å². The molecule has 2 saturated carbocycles. The number of nitrogens with one attached hydrogen (secondary N) is 2. The Kier molecular flexibility index (Phi) is 10.2. The summed E-state index contributed by atoms with van der Waals surface area (Å²) in [7, 11) is 0. The number of carbonyl (C=O) groups is 2. The van der Waals surface area contributed by atoms with Crippen LogP contribution in [0.5, 0.6) is 0 Å². The van der Waals surface area contributed by atoms with E-state index >= 15 is 0 Å². The molecule has 3 aliphatic rings. The first-order chi connectivity index (χ1) is 21.8. The third-order valence-electron chi connectivity index (χ3n) is 10.6. The lowest BCUT2D eigenvalue weighted by atomic mass is 9.69. The van der Waals surface area contributed by atoms with Crippen molar-refractivity contribution in [3.05, 3.63) is 41.2 Å². The molecule has 0 unspecified atom stereocenters. The van der Waals surface area contributed by atoms with Crippen LogP contribution in [0.4, 0.5) is 0 Å². The first-order valence-corrected chi connectivity index (χ1v) is 17.6. The summed E-state index contributed by atoms with van der Waals surface area (Å²) in [5.41, 5.74) is 1.40. The molecule has 2 heterocycles. The van der Waals surface area contributed by atoms with Crippen LogP contribution < -0.4 is 5.32 Å². The Balaban J connectivity index is 1.48. The van der Waals surface area contributed by atoms with Gasteiger partial charge in [0.05, 0.1) is 12.6 Å². The maximum absolute atomic E-state index is 14.9. The molecule has 1 aromatic carbocycles. The van der Waals surface area contributed by atoms with Crippen LogP contribution in [0.2, 0.25) is 0 Å². The highest BCUT2D eigenvalue weighted by molar-refractivity contribution is 6.39. The lowest BCUT2D eigenvalue weighted by Gasteiger charge is -2.47. The normalized spacial score (nSPS) is 23.5.